The summed E-state index contributed by atoms with van der Waals surface area (Å²) in [6, 6.07) is 0.216. The third kappa shape index (κ3) is 2.53. The summed E-state index contributed by atoms with van der Waals surface area (Å²) in [5, 5.41) is 4.06. The van der Waals surface area contributed by atoms with Crippen molar-refractivity contribution in [1.82, 2.24) is 19.7 Å². The number of methoxy groups -OCH3 is 1. The van der Waals surface area contributed by atoms with Gasteiger partial charge in [0, 0.05) is 13.1 Å². The van der Waals surface area contributed by atoms with Crippen LogP contribution >= 0.6 is 0 Å². The molecule has 1 fully saturated rings. The maximum atomic E-state index is 11.7. The van der Waals surface area contributed by atoms with Crippen LogP contribution in [0.5, 0.6) is 0 Å². The summed E-state index contributed by atoms with van der Waals surface area (Å²) >= 11 is 0. The molecule has 6 heteroatoms. The summed E-state index contributed by atoms with van der Waals surface area (Å²) < 4.78 is 6.58. The third-order valence-electron chi connectivity index (χ3n) is 3.71. The van der Waals surface area contributed by atoms with Crippen molar-refractivity contribution in [3.05, 3.63) is 12.2 Å². The molecule has 6 nitrogen and oxygen atoms in total. The van der Waals surface area contributed by atoms with Crippen LogP contribution in [-0.4, -0.2) is 44.8 Å². The molecule has 0 amide bonds. The molecule has 1 aliphatic rings. The Balaban J connectivity index is 2.10. The van der Waals surface area contributed by atoms with Gasteiger partial charge in [0.2, 0.25) is 0 Å². The van der Waals surface area contributed by atoms with E-state index in [4.69, 9.17) is 4.74 Å². The van der Waals surface area contributed by atoms with E-state index in [1.165, 1.54) is 19.9 Å². The first-order valence-electron chi connectivity index (χ1n) is 6.30. The number of carbonyl (C=O) groups excluding carboxylic acids is 1. The lowest BCUT2D eigenvalue weighted by molar-refractivity contribution is -0.148. The van der Waals surface area contributed by atoms with E-state index in [1.54, 1.807) is 4.68 Å². The van der Waals surface area contributed by atoms with E-state index in [1.807, 2.05) is 14.0 Å². The Bertz CT molecular complexity index is 414. The molecule has 0 aliphatic heterocycles. The largest absolute Gasteiger partial charge is 0.468 e. The van der Waals surface area contributed by atoms with E-state index >= 15 is 0 Å². The zero-order chi connectivity index (χ0) is 13.1. The van der Waals surface area contributed by atoms with Gasteiger partial charge in [0.15, 0.2) is 0 Å². The molecule has 0 bridgehead atoms. The molecule has 1 aromatic heterocycles. The summed E-state index contributed by atoms with van der Waals surface area (Å²) in [5.74, 6) is 0.682. The van der Waals surface area contributed by atoms with Crippen LogP contribution in [0.25, 0.3) is 0 Å². The van der Waals surface area contributed by atoms with Gasteiger partial charge in [-0.25, -0.2) is 4.98 Å². The molecule has 100 valence electrons. The summed E-state index contributed by atoms with van der Waals surface area (Å²) in [4.78, 5) is 18.1. The highest BCUT2D eigenvalue weighted by Gasteiger charge is 2.33. The highest BCUT2D eigenvalue weighted by atomic mass is 16.5. The number of aryl methyl sites for hydroxylation is 1. The van der Waals surface area contributed by atoms with Gasteiger partial charge in [0.05, 0.1) is 13.7 Å². The molecule has 1 unspecified atom stereocenters. The second kappa shape index (κ2) is 5.48. The van der Waals surface area contributed by atoms with Crippen LogP contribution in [0.4, 0.5) is 0 Å². The van der Waals surface area contributed by atoms with Crippen LogP contribution in [0.2, 0.25) is 0 Å². The molecule has 1 aromatic rings. The Morgan fingerprint density at radius 3 is 2.83 bits per heavy atom. The lowest BCUT2D eigenvalue weighted by Crippen LogP contribution is -2.48. The summed E-state index contributed by atoms with van der Waals surface area (Å²) in [7, 11) is 3.30. The minimum absolute atomic E-state index is 0.191. The van der Waals surface area contributed by atoms with E-state index in [9.17, 15) is 4.79 Å². The number of nitrogens with zero attached hydrogens (tertiary/aromatic N) is 4. The molecule has 1 saturated carbocycles. The number of carbonyl (C=O) groups is 1. The fourth-order valence-corrected chi connectivity index (χ4v) is 2.23. The van der Waals surface area contributed by atoms with E-state index in [0.29, 0.717) is 12.6 Å². The first-order chi connectivity index (χ1) is 8.63. The molecule has 0 spiro atoms. The van der Waals surface area contributed by atoms with Crippen molar-refractivity contribution < 1.29 is 9.53 Å². The monoisotopic (exact) mass is 252 g/mol. The minimum atomic E-state index is -0.239. The molecule has 1 aliphatic carbocycles. The van der Waals surface area contributed by atoms with E-state index in [0.717, 1.165) is 18.7 Å². The fraction of sp³-hybridized carbons (Fsp3) is 0.750. The standard InChI is InChI=1S/C12H20N4O2/c1-9(12(17)18-3)16(10-5-4-6-10)7-11-13-8-14-15(11)2/h8-10H,4-7H2,1-3H3. The van der Waals surface area contributed by atoms with Gasteiger partial charge in [-0.05, 0) is 19.8 Å². The number of rotatable bonds is 5. The highest BCUT2D eigenvalue weighted by molar-refractivity contribution is 5.75. The van der Waals surface area contributed by atoms with Gasteiger partial charge in [-0.2, -0.15) is 5.10 Å². The Labute approximate surface area is 107 Å². The van der Waals surface area contributed by atoms with Crippen LogP contribution < -0.4 is 0 Å². The first-order valence-corrected chi connectivity index (χ1v) is 6.30. The zero-order valence-electron chi connectivity index (χ0n) is 11.2. The van der Waals surface area contributed by atoms with Crippen LogP contribution in [-0.2, 0) is 23.1 Å². The molecule has 1 heterocycles. The fourth-order valence-electron chi connectivity index (χ4n) is 2.23. The quantitative estimate of drug-likeness (QED) is 0.723. The predicted molar refractivity (Wildman–Crippen MR) is 65.7 cm³/mol. The van der Waals surface area contributed by atoms with Crippen LogP contribution in [0.15, 0.2) is 6.33 Å². The van der Waals surface area contributed by atoms with Gasteiger partial charge in [-0.15, -0.1) is 0 Å². The van der Waals surface area contributed by atoms with Gasteiger partial charge < -0.3 is 4.74 Å². The van der Waals surface area contributed by atoms with Crippen molar-refractivity contribution in [3.63, 3.8) is 0 Å². The van der Waals surface area contributed by atoms with E-state index < -0.39 is 0 Å². The average molecular weight is 252 g/mol. The average Bonchev–Trinajstić information content (AvgIpc) is 2.70. The SMILES string of the molecule is COC(=O)C(C)N(Cc1ncnn1C)C1CCC1. The van der Waals surface area contributed by atoms with Crippen molar-refractivity contribution >= 4 is 5.97 Å². The smallest absolute Gasteiger partial charge is 0.322 e. The van der Waals surface area contributed by atoms with Gasteiger partial charge >= 0.3 is 5.97 Å². The Morgan fingerprint density at radius 1 is 1.67 bits per heavy atom. The lowest BCUT2D eigenvalue weighted by Gasteiger charge is -2.39. The summed E-state index contributed by atoms with van der Waals surface area (Å²) in [5.41, 5.74) is 0. The minimum Gasteiger partial charge on any atom is -0.468 e. The van der Waals surface area contributed by atoms with E-state index in [-0.39, 0.29) is 12.0 Å². The molecule has 0 N–H and O–H groups in total. The van der Waals surface area contributed by atoms with Gasteiger partial charge in [0.25, 0.3) is 0 Å². The number of ether oxygens (including phenoxy) is 1. The van der Waals surface area contributed by atoms with Crippen LogP contribution in [0.1, 0.15) is 32.0 Å². The van der Waals surface area contributed by atoms with Crippen molar-refractivity contribution in [2.45, 2.75) is 44.8 Å². The Morgan fingerprint density at radius 2 is 2.39 bits per heavy atom. The predicted octanol–water partition coefficient (Wildman–Crippen LogP) is 0.731. The molecular weight excluding hydrogens is 232 g/mol. The number of hydrogen-bond acceptors (Lipinski definition) is 5. The number of hydrogen-bond donors (Lipinski definition) is 0. The number of esters is 1. The van der Waals surface area contributed by atoms with E-state index in [2.05, 4.69) is 15.0 Å². The number of aromatic nitrogens is 3. The van der Waals surface area contributed by atoms with Crippen LogP contribution in [0, 0.1) is 0 Å². The second-order valence-corrected chi connectivity index (χ2v) is 4.76. The Hall–Kier alpha value is -1.43. The van der Waals surface area contributed by atoms with Gasteiger partial charge in [-0.1, -0.05) is 6.42 Å². The van der Waals surface area contributed by atoms with Crippen LogP contribution in [0.3, 0.4) is 0 Å². The summed E-state index contributed by atoms with van der Waals surface area (Å²) in [6.07, 6.45) is 5.04. The van der Waals surface area contributed by atoms with Crippen molar-refractivity contribution in [1.29, 1.82) is 0 Å². The zero-order valence-corrected chi connectivity index (χ0v) is 11.2. The molecular formula is C12H20N4O2. The lowest BCUT2D eigenvalue weighted by atomic mass is 9.90. The van der Waals surface area contributed by atoms with Crippen molar-refractivity contribution in [2.75, 3.05) is 7.11 Å². The maximum absolute atomic E-state index is 11.7. The van der Waals surface area contributed by atoms with Gasteiger partial charge in [0.1, 0.15) is 18.2 Å². The molecule has 2 rings (SSSR count). The Kier molecular flexibility index (Phi) is 3.96. The first kappa shape index (κ1) is 13.0. The molecule has 18 heavy (non-hydrogen) atoms. The van der Waals surface area contributed by atoms with Crippen molar-refractivity contribution in [2.24, 2.45) is 7.05 Å². The topological polar surface area (TPSA) is 60.2 Å². The molecule has 1 atom stereocenters. The normalized spacial score (nSPS) is 17.6. The van der Waals surface area contributed by atoms with Gasteiger partial charge in [-0.3, -0.25) is 14.4 Å². The maximum Gasteiger partial charge on any atom is 0.322 e. The summed E-state index contributed by atoms with van der Waals surface area (Å²) in [6.45, 7) is 2.53. The second-order valence-electron chi connectivity index (χ2n) is 4.76. The molecule has 0 aromatic carbocycles. The molecule has 0 saturated heterocycles. The van der Waals surface area contributed by atoms with Crippen molar-refractivity contribution in [3.8, 4) is 0 Å². The highest BCUT2D eigenvalue weighted by Crippen LogP contribution is 2.27. The third-order valence-corrected chi connectivity index (χ3v) is 3.71. The molecule has 0 radical (unpaired) electrons.